The van der Waals surface area contributed by atoms with Crippen LogP contribution in [-0.2, 0) is 19.7 Å². The van der Waals surface area contributed by atoms with Gasteiger partial charge < -0.3 is 9.61 Å². The molecule has 0 saturated carbocycles. The van der Waals surface area contributed by atoms with Crippen molar-refractivity contribution in [3.63, 3.8) is 0 Å². The topological polar surface area (TPSA) is 110 Å². The van der Waals surface area contributed by atoms with Crippen LogP contribution in [0.25, 0.3) is 0 Å². The van der Waals surface area contributed by atoms with E-state index in [2.05, 4.69) is 29.2 Å². The monoisotopic (exact) mass is 533 g/mol. The molecule has 0 fully saturated rings. The largest absolute Gasteiger partial charge is 0.331 e. The van der Waals surface area contributed by atoms with E-state index in [-0.39, 0.29) is 37.2 Å². The molecule has 156 valence electrons. The van der Waals surface area contributed by atoms with Gasteiger partial charge in [-0.15, -0.1) is 6.58 Å². The van der Waals surface area contributed by atoms with Crippen molar-refractivity contribution in [2.24, 2.45) is 0 Å². The van der Waals surface area contributed by atoms with Crippen LogP contribution in [0.3, 0.4) is 0 Å². The van der Waals surface area contributed by atoms with Crippen LogP contribution < -0.4 is 0 Å². The molecule has 0 unspecified atom stereocenters. The van der Waals surface area contributed by atoms with Gasteiger partial charge in [-0.1, -0.05) is 23.5 Å². The first kappa shape index (κ1) is 23.7. The highest BCUT2D eigenvalue weighted by Crippen LogP contribution is 2.31. The number of nitrogens with zero attached hydrogens (tertiary/aromatic N) is 3. The summed E-state index contributed by atoms with van der Waals surface area (Å²) in [6, 6.07) is 3.97. The van der Waals surface area contributed by atoms with Crippen LogP contribution in [0.5, 0.6) is 0 Å². The van der Waals surface area contributed by atoms with Gasteiger partial charge in [0.15, 0.2) is 0 Å². The molecule has 12 heteroatoms. The van der Waals surface area contributed by atoms with Crippen LogP contribution in [0.2, 0.25) is 0 Å². The van der Waals surface area contributed by atoms with Gasteiger partial charge in [-0.25, -0.2) is 8.42 Å². The lowest BCUT2D eigenvalue weighted by Crippen LogP contribution is -2.53. The van der Waals surface area contributed by atoms with Crippen molar-refractivity contribution in [1.29, 1.82) is 0 Å². The predicted octanol–water partition coefficient (Wildman–Crippen LogP) is 2.03. The number of hydrogen-bond acceptors (Lipinski definition) is 7. The van der Waals surface area contributed by atoms with Gasteiger partial charge >= 0.3 is 0 Å². The second-order valence-corrected chi connectivity index (χ2v) is 9.29. The predicted molar refractivity (Wildman–Crippen MR) is 119 cm³/mol. The lowest BCUT2D eigenvalue weighted by atomic mass is 9.87. The van der Waals surface area contributed by atoms with Gasteiger partial charge in [0, 0.05) is 28.3 Å². The molecular formula is C17H21BIN3O6S. The van der Waals surface area contributed by atoms with Crippen LogP contribution in [0, 0.1) is 10.1 Å². The van der Waals surface area contributed by atoms with Gasteiger partial charge in [-0.3, -0.25) is 15.0 Å². The molecule has 0 spiro atoms. The maximum atomic E-state index is 13.3. The maximum absolute atomic E-state index is 13.3. The smallest absolute Gasteiger partial charge is 0.281 e. The van der Waals surface area contributed by atoms with Crippen LogP contribution in [0.1, 0.15) is 13.3 Å². The first-order valence-electron chi connectivity index (χ1n) is 8.83. The van der Waals surface area contributed by atoms with Crippen molar-refractivity contribution in [3.05, 3.63) is 56.7 Å². The van der Waals surface area contributed by atoms with Crippen molar-refractivity contribution < 1.29 is 23.0 Å². The fraction of sp³-hybridized carbons (Fsp3) is 0.353. The van der Waals surface area contributed by atoms with Gasteiger partial charge in [0.05, 0.1) is 28.7 Å². The van der Waals surface area contributed by atoms with Crippen molar-refractivity contribution >= 4 is 51.9 Å². The average molecular weight is 533 g/mol. The van der Waals surface area contributed by atoms with E-state index in [1.165, 1.54) is 18.2 Å². The standard InChI is InChI=1S/C17H21BIN3O6S/c1-3-9-28-22(17-11-20(18-12-23)13(4-2)10-16(17)19)29(26,27)15-7-5-14(6-8-15)21(24)25/h3,5-8,10,12-13,17-18H,1,4,9,11H2,2H3/t13-,17+/m1/s1. The number of carbonyl (C=O) groups excluding carboxylic acids is 1. The maximum Gasteiger partial charge on any atom is 0.281 e. The van der Waals surface area contributed by atoms with E-state index in [0.717, 1.165) is 32.8 Å². The molecule has 1 aromatic rings. The van der Waals surface area contributed by atoms with Crippen LogP contribution in [0.15, 0.2) is 51.5 Å². The molecule has 0 N–H and O–H groups in total. The Balaban J connectivity index is 2.45. The summed E-state index contributed by atoms with van der Waals surface area (Å²) in [6.07, 6.45) is 4.91. The summed E-state index contributed by atoms with van der Waals surface area (Å²) in [5.41, 5.74) is -0.211. The Hall–Kier alpha value is -1.61. The average Bonchev–Trinajstić information content (AvgIpc) is 2.70. The van der Waals surface area contributed by atoms with E-state index < -0.39 is 21.0 Å². The molecule has 1 aromatic carbocycles. The molecule has 0 radical (unpaired) electrons. The Kier molecular flexibility index (Phi) is 8.52. The minimum Gasteiger partial charge on any atom is -0.331 e. The number of hydroxylamine groups is 1. The Morgan fingerprint density at radius 3 is 2.62 bits per heavy atom. The first-order valence-corrected chi connectivity index (χ1v) is 11.4. The highest BCUT2D eigenvalue weighted by molar-refractivity contribution is 14.1. The first-order chi connectivity index (χ1) is 13.8. The molecule has 2 rings (SSSR count). The number of nitro groups is 1. The quantitative estimate of drug-likeness (QED) is 0.113. The molecule has 9 nitrogen and oxygen atoms in total. The molecule has 0 bridgehead atoms. The summed E-state index contributed by atoms with van der Waals surface area (Å²) in [4.78, 5) is 28.6. The lowest BCUT2D eigenvalue weighted by molar-refractivity contribution is -0.384. The highest BCUT2D eigenvalue weighted by Gasteiger charge is 2.39. The minimum atomic E-state index is -4.13. The van der Waals surface area contributed by atoms with Crippen molar-refractivity contribution in [1.82, 2.24) is 9.28 Å². The summed E-state index contributed by atoms with van der Waals surface area (Å²) < 4.78 is 28.2. The fourth-order valence-corrected chi connectivity index (χ4v) is 5.45. The molecule has 0 aromatic heterocycles. The molecule has 1 heterocycles. The van der Waals surface area contributed by atoms with E-state index >= 15 is 0 Å². The van der Waals surface area contributed by atoms with Crippen molar-refractivity contribution in [3.8, 4) is 0 Å². The highest BCUT2D eigenvalue weighted by atomic mass is 127. The molecule has 1 aliphatic heterocycles. The number of carbonyl (C=O) groups is 1. The van der Waals surface area contributed by atoms with Gasteiger partial charge in [0.1, 0.15) is 0 Å². The summed E-state index contributed by atoms with van der Waals surface area (Å²) in [6.45, 7) is 5.78. The Morgan fingerprint density at radius 2 is 2.10 bits per heavy atom. The third-order valence-corrected chi connectivity index (χ3v) is 7.21. The number of non-ortho nitro benzene ring substituents is 1. The van der Waals surface area contributed by atoms with Crippen molar-refractivity contribution in [2.45, 2.75) is 30.3 Å². The number of benzene rings is 1. The Labute approximate surface area is 183 Å². The summed E-state index contributed by atoms with van der Waals surface area (Å²) in [7, 11) is -3.96. The molecule has 0 amide bonds. The molecular weight excluding hydrogens is 512 g/mol. The molecule has 1 aliphatic rings. The minimum absolute atomic E-state index is 0.0201. The second kappa shape index (κ2) is 10.4. The number of sulfonamides is 1. The molecule has 29 heavy (non-hydrogen) atoms. The third kappa shape index (κ3) is 5.51. The Bertz CT molecular complexity index is 893. The van der Waals surface area contributed by atoms with E-state index in [1.807, 2.05) is 17.8 Å². The van der Waals surface area contributed by atoms with E-state index in [9.17, 15) is 23.3 Å². The van der Waals surface area contributed by atoms with Gasteiger partial charge in [-0.05, 0) is 41.1 Å². The number of hydrogen-bond donors (Lipinski definition) is 0. The van der Waals surface area contributed by atoms with E-state index in [4.69, 9.17) is 4.84 Å². The summed E-state index contributed by atoms with van der Waals surface area (Å²) >= 11 is 2.08. The normalized spacial score (nSPS) is 20.2. The second-order valence-electron chi connectivity index (χ2n) is 6.26. The van der Waals surface area contributed by atoms with Crippen LogP contribution in [-0.4, -0.2) is 61.5 Å². The summed E-state index contributed by atoms with van der Waals surface area (Å²) in [5.74, 6) is 0. The summed E-state index contributed by atoms with van der Waals surface area (Å²) in [5, 5.41) is 10.9. The van der Waals surface area contributed by atoms with E-state index in [0.29, 0.717) is 0 Å². The lowest BCUT2D eigenvalue weighted by Gasteiger charge is -2.39. The van der Waals surface area contributed by atoms with E-state index in [1.54, 1.807) is 0 Å². The SMILES string of the molecule is C=CCON([C@H]1CN(BC=O)[C@H](CC)C=C1I)S(=O)(=O)c1ccc([N+](=O)[O-])cc1. The van der Waals surface area contributed by atoms with Gasteiger partial charge in [-0.2, -0.15) is 0 Å². The molecule has 0 saturated heterocycles. The van der Waals surface area contributed by atoms with Crippen molar-refractivity contribution in [2.75, 3.05) is 13.2 Å². The van der Waals surface area contributed by atoms with Gasteiger partial charge in [0.25, 0.3) is 23.1 Å². The third-order valence-electron chi connectivity index (χ3n) is 4.43. The number of halogens is 1. The molecule has 0 aliphatic carbocycles. The zero-order chi connectivity index (χ0) is 21.6. The number of nitro benzene ring substituents is 1. The fourth-order valence-electron chi connectivity index (χ4n) is 2.99. The molecule has 2 atom stereocenters. The zero-order valence-corrected chi connectivity index (χ0v) is 18.8. The van der Waals surface area contributed by atoms with Crippen LogP contribution >= 0.6 is 22.6 Å². The Morgan fingerprint density at radius 1 is 1.45 bits per heavy atom. The van der Waals surface area contributed by atoms with Crippen LogP contribution in [0.4, 0.5) is 5.69 Å². The zero-order valence-electron chi connectivity index (χ0n) is 15.8. The number of rotatable bonds is 10. The van der Waals surface area contributed by atoms with Gasteiger partial charge in [0.2, 0.25) is 0 Å².